The summed E-state index contributed by atoms with van der Waals surface area (Å²) in [5, 5.41) is 6.33. The van der Waals surface area contributed by atoms with Gasteiger partial charge in [-0.1, -0.05) is 44.2 Å². The minimum Gasteiger partial charge on any atom is -0.322 e. The summed E-state index contributed by atoms with van der Waals surface area (Å²) in [5.74, 6) is -0.489. The topological polar surface area (TPSA) is 46.9 Å². The van der Waals surface area contributed by atoms with Gasteiger partial charge >= 0.3 is 6.18 Å². The second kappa shape index (κ2) is 7.88. The van der Waals surface area contributed by atoms with E-state index in [1.807, 2.05) is 12.1 Å². The van der Waals surface area contributed by atoms with E-state index in [-0.39, 0.29) is 5.69 Å². The molecule has 0 spiro atoms. The predicted molar refractivity (Wildman–Crippen MR) is 102 cm³/mol. The van der Waals surface area contributed by atoms with E-state index in [4.69, 9.17) is 0 Å². The Bertz CT molecular complexity index is 947. The first-order valence-corrected chi connectivity index (χ1v) is 8.93. The van der Waals surface area contributed by atoms with Crippen molar-refractivity contribution in [1.29, 1.82) is 0 Å². The number of hydrogen-bond donors (Lipinski definition) is 1. The van der Waals surface area contributed by atoms with Gasteiger partial charge in [-0.3, -0.25) is 4.79 Å². The number of benzene rings is 2. The van der Waals surface area contributed by atoms with Crippen LogP contribution < -0.4 is 5.32 Å². The van der Waals surface area contributed by atoms with Gasteiger partial charge in [0.15, 0.2) is 5.69 Å². The van der Waals surface area contributed by atoms with Gasteiger partial charge in [0.25, 0.3) is 5.91 Å². The highest BCUT2D eigenvalue weighted by Gasteiger charge is 2.40. The highest BCUT2D eigenvalue weighted by molar-refractivity contribution is 6.05. The van der Waals surface area contributed by atoms with Crippen LogP contribution in [0.1, 0.15) is 47.8 Å². The van der Waals surface area contributed by atoms with Crippen LogP contribution in [-0.2, 0) is 6.18 Å². The lowest BCUT2D eigenvalue weighted by molar-refractivity contribution is -0.143. The van der Waals surface area contributed by atoms with Crippen LogP contribution >= 0.6 is 0 Å². The lowest BCUT2D eigenvalue weighted by Crippen LogP contribution is -2.20. The van der Waals surface area contributed by atoms with Gasteiger partial charge in [0.2, 0.25) is 0 Å². The average Bonchev–Trinajstić information content (AvgIpc) is 3.14. The third kappa shape index (κ3) is 4.08. The molecule has 3 rings (SSSR count). The van der Waals surface area contributed by atoms with Crippen LogP contribution in [0.4, 0.5) is 18.9 Å². The fourth-order valence-corrected chi connectivity index (χ4v) is 2.88. The summed E-state index contributed by atoms with van der Waals surface area (Å²) >= 11 is 0. The van der Waals surface area contributed by atoms with Gasteiger partial charge in [0.1, 0.15) is 0 Å². The first-order chi connectivity index (χ1) is 13.3. The number of hydrogen-bond acceptors (Lipinski definition) is 2. The Morgan fingerprint density at radius 3 is 2.32 bits per heavy atom. The first-order valence-electron chi connectivity index (χ1n) is 8.93. The van der Waals surface area contributed by atoms with E-state index in [0.29, 0.717) is 11.6 Å². The number of halogens is 3. The molecule has 1 unspecified atom stereocenters. The number of anilines is 1. The van der Waals surface area contributed by atoms with Crippen molar-refractivity contribution >= 4 is 11.6 Å². The third-order valence-corrected chi connectivity index (χ3v) is 4.63. The van der Waals surface area contributed by atoms with Crippen molar-refractivity contribution in [1.82, 2.24) is 9.78 Å². The summed E-state index contributed by atoms with van der Waals surface area (Å²) in [6.45, 7) is 4.16. The average molecular weight is 387 g/mol. The zero-order valence-corrected chi connectivity index (χ0v) is 15.5. The van der Waals surface area contributed by atoms with Crippen LogP contribution in [0.5, 0.6) is 0 Å². The van der Waals surface area contributed by atoms with Crippen molar-refractivity contribution in [3.8, 4) is 5.69 Å². The number of aromatic nitrogens is 2. The molecule has 0 aliphatic heterocycles. The van der Waals surface area contributed by atoms with E-state index in [2.05, 4.69) is 24.3 Å². The molecular weight excluding hydrogens is 367 g/mol. The lowest BCUT2D eigenvalue weighted by atomic mass is 9.98. The zero-order chi connectivity index (χ0) is 20.3. The third-order valence-electron chi connectivity index (χ3n) is 4.63. The summed E-state index contributed by atoms with van der Waals surface area (Å²) in [4.78, 5) is 12.5. The quantitative estimate of drug-likeness (QED) is 0.614. The van der Waals surface area contributed by atoms with Crippen molar-refractivity contribution in [3.05, 3.63) is 77.6 Å². The molecular formula is C21H20F3N3O. The van der Waals surface area contributed by atoms with Crippen molar-refractivity contribution < 1.29 is 18.0 Å². The molecule has 1 heterocycles. The largest absolute Gasteiger partial charge is 0.434 e. The SMILES string of the molecule is CCC(C)c1ccc(NC(=O)c2cnn(-c3ccccc3)c2C(F)(F)F)cc1. The van der Waals surface area contributed by atoms with E-state index < -0.39 is 23.3 Å². The van der Waals surface area contributed by atoms with Crippen molar-refractivity contribution in [2.24, 2.45) is 0 Å². The maximum absolute atomic E-state index is 13.7. The molecule has 7 heteroatoms. The Balaban J connectivity index is 1.91. The Morgan fingerprint density at radius 2 is 1.75 bits per heavy atom. The smallest absolute Gasteiger partial charge is 0.322 e. The number of amides is 1. The predicted octanol–water partition coefficient (Wildman–Crippen LogP) is 5.66. The van der Waals surface area contributed by atoms with Gasteiger partial charge in [-0.2, -0.15) is 18.3 Å². The molecule has 3 aromatic rings. The highest BCUT2D eigenvalue weighted by Crippen LogP contribution is 2.34. The monoisotopic (exact) mass is 387 g/mol. The molecule has 0 bridgehead atoms. The van der Waals surface area contributed by atoms with Gasteiger partial charge in [-0.05, 0) is 42.2 Å². The van der Waals surface area contributed by atoms with E-state index in [0.717, 1.165) is 22.9 Å². The Hall–Kier alpha value is -3.09. The number of carbonyl (C=O) groups excluding carboxylic acids is 1. The van der Waals surface area contributed by atoms with Crippen LogP contribution in [0, 0.1) is 0 Å². The summed E-state index contributed by atoms with van der Waals surface area (Å²) in [5.41, 5.74) is 0.132. The molecule has 146 valence electrons. The molecule has 1 amide bonds. The number of alkyl halides is 3. The molecule has 0 aliphatic carbocycles. The Kier molecular flexibility index (Phi) is 5.53. The van der Waals surface area contributed by atoms with Crippen LogP contribution in [0.3, 0.4) is 0 Å². The van der Waals surface area contributed by atoms with Crippen LogP contribution in [0.25, 0.3) is 5.69 Å². The molecule has 1 aromatic heterocycles. The first kappa shape index (κ1) is 19.7. The number of nitrogens with zero attached hydrogens (tertiary/aromatic N) is 2. The molecule has 0 aliphatic rings. The van der Waals surface area contributed by atoms with Gasteiger partial charge < -0.3 is 5.32 Å². The Labute approximate surface area is 161 Å². The van der Waals surface area contributed by atoms with Crippen molar-refractivity contribution in [3.63, 3.8) is 0 Å². The second-order valence-corrected chi connectivity index (χ2v) is 6.54. The molecule has 1 N–H and O–H groups in total. The summed E-state index contributed by atoms with van der Waals surface area (Å²) < 4.78 is 41.7. The molecule has 28 heavy (non-hydrogen) atoms. The molecule has 1 atom stereocenters. The number of rotatable bonds is 5. The number of nitrogens with one attached hydrogen (secondary N) is 1. The molecule has 2 aromatic carbocycles. The standard InChI is InChI=1S/C21H20F3N3O/c1-3-14(2)15-9-11-16(12-10-15)26-20(28)18-13-25-27(19(18)21(22,23)24)17-7-5-4-6-8-17/h4-14H,3H2,1-2H3,(H,26,28). The van der Waals surface area contributed by atoms with Gasteiger partial charge in [-0.25, -0.2) is 4.68 Å². The molecule has 0 radical (unpaired) electrons. The number of para-hydroxylation sites is 1. The summed E-state index contributed by atoms with van der Waals surface area (Å²) in [7, 11) is 0. The molecule has 0 fully saturated rings. The Morgan fingerprint density at radius 1 is 1.11 bits per heavy atom. The van der Waals surface area contributed by atoms with E-state index in [1.54, 1.807) is 30.3 Å². The van der Waals surface area contributed by atoms with Crippen LogP contribution in [-0.4, -0.2) is 15.7 Å². The van der Waals surface area contributed by atoms with Gasteiger partial charge in [-0.15, -0.1) is 0 Å². The van der Waals surface area contributed by atoms with E-state index >= 15 is 0 Å². The summed E-state index contributed by atoms with van der Waals surface area (Å²) in [6, 6.07) is 15.0. The fourth-order valence-electron chi connectivity index (χ4n) is 2.88. The van der Waals surface area contributed by atoms with Crippen LogP contribution in [0.2, 0.25) is 0 Å². The lowest BCUT2D eigenvalue weighted by Gasteiger charge is -2.13. The van der Waals surface area contributed by atoms with Crippen LogP contribution in [0.15, 0.2) is 60.8 Å². The number of carbonyl (C=O) groups is 1. The minimum atomic E-state index is -4.74. The fraction of sp³-hybridized carbons (Fsp3) is 0.238. The zero-order valence-electron chi connectivity index (χ0n) is 15.5. The van der Waals surface area contributed by atoms with E-state index in [1.165, 1.54) is 12.1 Å². The normalized spacial score (nSPS) is 12.6. The molecule has 4 nitrogen and oxygen atoms in total. The second-order valence-electron chi connectivity index (χ2n) is 6.54. The van der Waals surface area contributed by atoms with Gasteiger partial charge in [0.05, 0.1) is 17.4 Å². The maximum Gasteiger partial charge on any atom is 0.434 e. The van der Waals surface area contributed by atoms with E-state index in [9.17, 15) is 18.0 Å². The van der Waals surface area contributed by atoms with Crippen molar-refractivity contribution in [2.45, 2.75) is 32.4 Å². The molecule has 0 saturated carbocycles. The van der Waals surface area contributed by atoms with Crippen molar-refractivity contribution in [2.75, 3.05) is 5.32 Å². The maximum atomic E-state index is 13.7. The summed E-state index contributed by atoms with van der Waals surface area (Å²) in [6.07, 6.45) is -2.82. The molecule has 0 saturated heterocycles. The van der Waals surface area contributed by atoms with Gasteiger partial charge in [0, 0.05) is 5.69 Å². The highest BCUT2D eigenvalue weighted by atomic mass is 19.4. The minimum absolute atomic E-state index is 0.229.